The van der Waals surface area contributed by atoms with E-state index in [1.807, 2.05) is 12.2 Å². The molecule has 1 saturated carbocycles. The third kappa shape index (κ3) is 5.46. The van der Waals surface area contributed by atoms with Gasteiger partial charge in [-0.3, -0.25) is 23.6 Å². The van der Waals surface area contributed by atoms with Crippen LogP contribution in [0.25, 0.3) is 6.08 Å². The molecule has 1 aliphatic heterocycles. The van der Waals surface area contributed by atoms with E-state index in [-0.39, 0.29) is 29.8 Å². The summed E-state index contributed by atoms with van der Waals surface area (Å²) in [6.45, 7) is 0.996. The number of nitrogens with zero attached hydrogens (tertiary/aromatic N) is 3. The van der Waals surface area contributed by atoms with Gasteiger partial charge in [0.15, 0.2) is 0 Å². The highest BCUT2D eigenvalue weighted by molar-refractivity contribution is 5.96. The molecular formula is C28H34F3N5O4. The third-order valence-corrected chi connectivity index (χ3v) is 8.70. The number of halogens is 3. The highest BCUT2D eigenvalue weighted by Gasteiger charge is 2.44. The molecule has 5 rings (SSSR count). The Morgan fingerprint density at radius 3 is 2.50 bits per heavy atom. The molecule has 40 heavy (non-hydrogen) atoms. The SMILES string of the molecule is Cn1c2c(n(C)c1=O)CC(C1(O)CCC(N3CC(NC(=O)CNC(=O)c4cccc(C(F)(F)F)c4)C3)CC1)C=C2. The van der Waals surface area contributed by atoms with E-state index in [9.17, 15) is 32.7 Å². The molecule has 1 aromatic carbocycles. The van der Waals surface area contributed by atoms with Crippen LogP contribution in [-0.2, 0) is 31.5 Å². The lowest BCUT2D eigenvalue weighted by Crippen LogP contribution is -2.64. The van der Waals surface area contributed by atoms with Gasteiger partial charge in [-0.2, -0.15) is 13.2 Å². The number of benzene rings is 1. The number of hydrogen-bond donors (Lipinski definition) is 3. The number of hydrogen-bond acceptors (Lipinski definition) is 5. The van der Waals surface area contributed by atoms with Crippen molar-refractivity contribution in [3.8, 4) is 0 Å². The molecule has 0 spiro atoms. The van der Waals surface area contributed by atoms with Gasteiger partial charge in [-0.15, -0.1) is 0 Å². The number of fused-ring (bicyclic) bond motifs is 1. The van der Waals surface area contributed by atoms with E-state index in [4.69, 9.17) is 0 Å². The molecule has 0 bridgehead atoms. The largest absolute Gasteiger partial charge is 0.416 e. The first-order valence-corrected chi connectivity index (χ1v) is 13.5. The summed E-state index contributed by atoms with van der Waals surface area (Å²) in [6, 6.07) is 4.30. The van der Waals surface area contributed by atoms with E-state index in [2.05, 4.69) is 15.5 Å². The zero-order chi connectivity index (χ0) is 28.8. The number of carbonyl (C=O) groups excluding carboxylic acids is 2. The van der Waals surface area contributed by atoms with Crippen LogP contribution in [0.2, 0.25) is 0 Å². The summed E-state index contributed by atoms with van der Waals surface area (Å²) < 4.78 is 41.9. The summed E-state index contributed by atoms with van der Waals surface area (Å²) in [4.78, 5) is 39.1. The molecule has 1 atom stereocenters. The normalized spacial score (nSPS) is 25.2. The Hall–Kier alpha value is -3.38. The molecule has 9 nitrogen and oxygen atoms in total. The summed E-state index contributed by atoms with van der Waals surface area (Å²) in [7, 11) is 3.52. The van der Waals surface area contributed by atoms with Gasteiger partial charge >= 0.3 is 11.9 Å². The Morgan fingerprint density at radius 1 is 1.12 bits per heavy atom. The molecule has 2 aliphatic carbocycles. The summed E-state index contributed by atoms with van der Waals surface area (Å²) in [5, 5.41) is 16.7. The van der Waals surface area contributed by atoms with Crippen LogP contribution in [-0.4, -0.2) is 68.3 Å². The van der Waals surface area contributed by atoms with Gasteiger partial charge in [0.25, 0.3) is 5.91 Å². The lowest BCUT2D eigenvalue weighted by atomic mass is 9.70. The lowest BCUT2D eigenvalue weighted by Gasteiger charge is -2.49. The number of amides is 2. The minimum absolute atomic E-state index is 0.0523. The first-order valence-electron chi connectivity index (χ1n) is 13.5. The monoisotopic (exact) mass is 561 g/mol. The van der Waals surface area contributed by atoms with Crippen molar-refractivity contribution in [1.29, 1.82) is 0 Å². The van der Waals surface area contributed by atoms with Gasteiger partial charge in [-0.1, -0.05) is 12.1 Å². The standard InChI is InChI=1S/C28H34F3N5O4/c1-34-22-7-6-18(13-23(22)35(2)26(34)39)27(40)10-8-21(9-11-27)36-15-20(16-36)33-24(37)14-32-25(38)17-4-3-5-19(12-17)28(29,30)31/h3-7,12,18,20-21,40H,8-11,13-16H2,1-2H3,(H,32,38)(H,33,37). The van der Waals surface area contributed by atoms with Crippen molar-refractivity contribution in [3.63, 3.8) is 0 Å². The zero-order valence-electron chi connectivity index (χ0n) is 22.5. The van der Waals surface area contributed by atoms with Crippen molar-refractivity contribution in [3.05, 3.63) is 63.3 Å². The Bertz CT molecular complexity index is 1380. The van der Waals surface area contributed by atoms with Crippen LogP contribution in [0.5, 0.6) is 0 Å². The van der Waals surface area contributed by atoms with Crippen LogP contribution in [0, 0.1) is 5.92 Å². The molecule has 0 radical (unpaired) electrons. The molecule has 1 saturated heterocycles. The van der Waals surface area contributed by atoms with Gasteiger partial charge in [0, 0.05) is 50.4 Å². The van der Waals surface area contributed by atoms with Crippen molar-refractivity contribution < 1.29 is 27.9 Å². The summed E-state index contributed by atoms with van der Waals surface area (Å²) >= 11 is 0. The van der Waals surface area contributed by atoms with E-state index in [1.165, 1.54) is 6.07 Å². The maximum absolute atomic E-state index is 12.9. The van der Waals surface area contributed by atoms with Crippen molar-refractivity contribution in [2.75, 3.05) is 19.6 Å². The topological polar surface area (TPSA) is 109 Å². The van der Waals surface area contributed by atoms with Crippen molar-refractivity contribution in [1.82, 2.24) is 24.7 Å². The summed E-state index contributed by atoms with van der Waals surface area (Å²) in [5.41, 5.74) is -0.136. The van der Waals surface area contributed by atoms with E-state index in [0.717, 1.165) is 42.4 Å². The predicted molar refractivity (Wildman–Crippen MR) is 141 cm³/mol. The van der Waals surface area contributed by atoms with Crippen LogP contribution in [0.15, 0.2) is 35.1 Å². The maximum atomic E-state index is 12.9. The number of nitrogens with one attached hydrogen (secondary N) is 2. The lowest BCUT2D eigenvalue weighted by molar-refractivity contribution is -0.137. The number of aliphatic hydroxyl groups is 1. The molecule has 1 aromatic heterocycles. The van der Waals surface area contributed by atoms with E-state index in [0.29, 0.717) is 38.4 Å². The molecular weight excluding hydrogens is 527 g/mol. The smallest absolute Gasteiger partial charge is 0.389 e. The molecule has 2 amide bonds. The Labute approximate surface area is 229 Å². The van der Waals surface area contributed by atoms with Gasteiger partial charge in [-0.25, -0.2) is 4.79 Å². The minimum atomic E-state index is -4.55. The zero-order valence-corrected chi connectivity index (χ0v) is 22.5. The van der Waals surface area contributed by atoms with Crippen LogP contribution in [0.4, 0.5) is 13.2 Å². The molecule has 2 fully saturated rings. The Morgan fingerprint density at radius 2 is 1.82 bits per heavy atom. The first kappa shape index (κ1) is 28.2. The van der Waals surface area contributed by atoms with Gasteiger partial charge in [-0.05, 0) is 56.4 Å². The molecule has 2 aromatic rings. The van der Waals surface area contributed by atoms with Crippen LogP contribution in [0.3, 0.4) is 0 Å². The van der Waals surface area contributed by atoms with Gasteiger partial charge in [0.1, 0.15) is 0 Å². The van der Waals surface area contributed by atoms with Crippen molar-refractivity contribution in [2.45, 2.75) is 56.0 Å². The quantitative estimate of drug-likeness (QED) is 0.499. The van der Waals surface area contributed by atoms with Crippen molar-refractivity contribution >= 4 is 17.9 Å². The first-order chi connectivity index (χ1) is 18.9. The van der Waals surface area contributed by atoms with E-state index in [1.54, 1.807) is 23.2 Å². The van der Waals surface area contributed by atoms with Crippen molar-refractivity contribution in [2.24, 2.45) is 20.0 Å². The Balaban J connectivity index is 1.05. The second-order valence-electron chi connectivity index (χ2n) is 11.2. The molecule has 12 heteroatoms. The highest BCUT2D eigenvalue weighted by Crippen LogP contribution is 2.41. The minimum Gasteiger partial charge on any atom is -0.389 e. The highest BCUT2D eigenvalue weighted by atomic mass is 19.4. The van der Waals surface area contributed by atoms with Crippen LogP contribution >= 0.6 is 0 Å². The fourth-order valence-corrected chi connectivity index (χ4v) is 6.23. The van der Waals surface area contributed by atoms with Gasteiger partial charge in [0.2, 0.25) is 5.91 Å². The molecule has 1 unspecified atom stereocenters. The average Bonchev–Trinajstić information content (AvgIpc) is 3.12. The molecule has 3 aliphatic rings. The fraction of sp³-hybridized carbons (Fsp3) is 0.536. The number of likely N-dealkylation sites (tertiary alicyclic amines) is 1. The predicted octanol–water partition coefficient (Wildman–Crippen LogP) is 1.83. The Kier molecular flexibility index (Phi) is 7.43. The molecule has 2 heterocycles. The van der Waals surface area contributed by atoms with Gasteiger partial charge in [0.05, 0.1) is 29.4 Å². The molecule has 216 valence electrons. The number of rotatable bonds is 6. The number of alkyl halides is 3. The summed E-state index contributed by atoms with van der Waals surface area (Å²) in [6.07, 6.45) is 3.01. The third-order valence-electron chi connectivity index (χ3n) is 8.70. The molecule has 3 N–H and O–H groups in total. The number of carbonyl (C=O) groups is 2. The van der Waals surface area contributed by atoms with E-state index < -0.39 is 29.2 Å². The van der Waals surface area contributed by atoms with E-state index >= 15 is 0 Å². The second kappa shape index (κ2) is 10.5. The maximum Gasteiger partial charge on any atom is 0.416 e. The average molecular weight is 562 g/mol. The van der Waals surface area contributed by atoms with Crippen LogP contribution < -0.4 is 16.3 Å². The second-order valence-corrected chi connectivity index (χ2v) is 11.2. The fourth-order valence-electron chi connectivity index (χ4n) is 6.23. The summed E-state index contributed by atoms with van der Waals surface area (Å²) in [5.74, 6) is -1.20. The number of imidazole rings is 1. The van der Waals surface area contributed by atoms with Crippen LogP contribution in [0.1, 0.15) is 53.0 Å². The number of aromatic nitrogens is 2. The van der Waals surface area contributed by atoms with Gasteiger partial charge < -0.3 is 15.7 Å².